The molecular formula is C28H22F6N2O4. The summed E-state index contributed by atoms with van der Waals surface area (Å²) in [5.74, 6) is -3.94. The third-order valence-electron chi connectivity index (χ3n) is 7.22. The first-order valence-corrected chi connectivity index (χ1v) is 12.3. The molecule has 6 nitrogen and oxygen atoms in total. The van der Waals surface area contributed by atoms with Gasteiger partial charge in [-0.05, 0) is 72.9 Å². The lowest BCUT2D eigenvalue weighted by molar-refractivity contribution is -0.185. The number of nitrogens with zero attached hydrogens (tertiary/aromatic N) is 1. The van der Waals surface area contributed by atoms with Crippen LogP contribution in [0.25, 0.3) is 21.7 Å². The molecule has 40 heavy (non-hydrogen) atoms. The quantitative estimate of drug-likeness (QED) is 0.201. The normalized spacial score (nSPS) is 18.2. The van der Waals surface area contributed by atoms with Gasteiger partial charge in [0.1, 0.15) is 11.3 Å². The van der Waals surface area contributed by atoms with Gasteiger partial charge in [-0.1, -0.05) is 12.1 Å². The Bertz CT molecular complexity index is 1630. The first kappa shape index (κ1) is 27.4. The highest BCUT2D eigenvalue weighted by atomic mass is 19.4. The van der Waals surface area contributed by atoms with Gasteiger partial charge in [0.25, 0.3) is 5.91 Å². The maximum absolute atomic E-state index is 14.2. The van der Waals surface area contributed by atoms with Crippen LogP contribution in [0.1, 0.15) is 52.0 Å². The SMILES string of the molecule is Nc1ccc2c(C(=O)O)cn(C(=O)c3ccc4c(C(F)(F)F)c(O[C@H]5CC[C@@H](C(F)(F)F)CC5)ccc4c3)c2c1. The maximum atomic E-state index is 14.2. The third-order valence-corrected chi connectivity index (χ3v) is 7.22. The molecule has 0 amide bonds. The van der Waals surface area contributed by atoms with Gasteiger partial charge in [0.2, 0.25) is 0 Å². The summed E-state index contributed by atoms with van der Waals surface area (Å²) in [6.45, 7) is 0. The van der Waals surface area contributed by atoms with Gasteiger partial charge in [-0.15, -0.1) is 0 Å². The number of fused-ring (bicyclic) bond motifs is 2. The van der Waals surface area contributed by atoms with Crippen LogP contribution in [0.4, 0.5) is 32.0 Å². The largest absolute Gasteiger partial charge is 0.490 e. The molecule has 0 atom stereocenters. The summed E-state index contributed by atoms with van der Waals surface area (Å²) in [6.07, 6.45) is -9.37. The summed E-state index contributed by atoms with van der Waals surface area (Å²) in [5, 5.41) is 9.62. The second-order valence-corrected chi connectivity index (χ2v) is 9.81. The summed E-state index contributed by atoms with van der Waals surface area (Å²) in [5.41, 5.74) is 5.09. The summed E-state index contributed by atoms with van der Waals surface area (Å²) >= 11 is 0. The molecule has 0 radical (unpaired) electrons. The predicted molar refractivity (Wildman–Crippen MR) is 134 cm³/mol. The number of aromatic nitrogens is 1. The topological polar surface area (TPSA) is 94.5 Å². The maximum Gasteiger partial charge on any atom is 0.420 e. The number of hydrogen-bond donors (Lipinski definition) is 2. The Morgan fingerprint density at radius 1 is 0.900 bits per heavy atom. The van der Waals surface area contributed by atoms with Gasteiger partial charge in [-0.2, -0.15) is 26.3 Å². The Morgan fingerprint density at radius 3 is 2.20 bits per heavy atom. The van der Waals surface area contributed by atoms with Gasteiger partial charge in [-0.25, -0.2) is 4.79 Å². The Morgan fingerprint density at radius 2 is 1.57 bits per heavy atom. The van der Waals surface area contributed by atoms with E-state index in [1.54, 1.807) is 0 Å². The van der Waals surface area contributed by atoms with E-state index in [2.05, 4.69) is 0 Å². The van der Waals surface area contributed by atoms with Crippen molar-refractivity contribution in [2.75, 3.05) is 5.73 Å². The second kappa shape index (κ2) is 9.76. The van der Waals surface area contributed by atoms with Crippen LogP contribution < -0.4 is 10.5 Å². The van der Waals surface area contributed by atoms with Gasteiger partial charge in [-0.3, -0.25) is 9.36 Å². The van der Waals surface area contributed by atoms with E-state index in [4.69, 9.17) is 10.5 Å². The molecule has 0 bridgehead atoms. The molecule has 0 aliphatic heterocycles. The number of hydrogen-bond acceptors (Lipinski definition) is 4. The van der Waals surface area contributed by atoms with Crippen LogP contribution in [-0.4, -0.2) is 33.8 Å². The number of aromatic carboxylic acids is 1. The predicted octanol–water partition coefficient (Wildman–Crippen LogP) is 7.28. The van der Waals surface area contributed by atoms with E-state index in [9.17, 15) is 41.0 Å². The number of alkyl halides is 6. The second-order valence-electron chi connectivity index (χ2n) is 9.81. The lowest BCUT2D eigenvalue weighted by Gasteiger charge is -2.31. The zero-order valence-electron chi connectivity index (χ0n) is 20.6. The molecule has 1 heterocycles. The molecule has 3 N–H and O–H groups in total. The number of benzene rings is 3. The first-order valence-electron chi connectivity index (χ1n) is 12.3. The number of nitrogens with two attached hydrogens (primary N) is 1. The van der Waals surface area contributed by atoms with Crippen LogP contribution in [0.5, 0.6) is 5.75 Å². The van der Waals surface area contributed by atoms with Crippen LogP contribution >= 0.6 is 0 Å². The smallest absolute Gasteiger partial charge is 0.420 e. The molecule has 3 aromatic carbocycles. The number of carboxylic acids is 1. The Balaban J connectivity index is 1.50. The van der Waals surface area contributed by atoms with Gasteiger partial charge in [0.05, 0.1) is 23.1 Å². The van der Waals surface area contributed by atoms with Gasteiger partial charge in [0.15, 0.2) is 0 Å². The molecule has 1 aromatic heterocycles. The molecule has 12 heteroatoms. The average Bonchev–Trinajstić information content (AvgIpc) is 3.26. The molecular weight excluding hydrogens is 542 g/mol. The van der Waals surface area contributed by atoms with E-state index in [1.165, 1.54) is 36.4 Å². The number of carbonyl (C=O) groups excluding carboxylic acids is 1. The molecule has 0 unspecified atom stereocenters. The molecule has 4 aromatic rings. The minimum absolute atomic E-state index is 0.00368. The molecule has 0 saturated heterocycles. The van der Waals surface area contributed by atoms with Crippen molar-refractivity contribution < 1.29 is 45.8 Å². The van der Waals surface area contributed by atoms with Crippen molar-refractivity contribution in [3.05, 3.63) is 71.4 Å². The van der Waals surface area contributed by atoms with E-state index in [1.807, 2.05) is 0 Å². The standard InChI is InChI=1S/C28H22F6N2O4/c29-27(30,31)16-3-6-18(7-4-16)40-23-10-2-14-11-15(1-8-19(14)24(23)28(32,33)34)25(37)36-13-21(26(38)39)20-9-5-17(35)12-22(20)36/h1-2,5,8-13,16,18H,3-4,6-7,35H2,(H,38,39)/t16-,18+. The number of halogens is 6. The first-order chi connectivity index (χ1) is 18.7. The molecule has 5 rings (SSSR count). The van der Waals surface area contributed by atoms with E-state index < -0.39 is 47.6 Å². The van der Waals surface area contributed by atoms with E-state index in [0.29, 0.717) is 0 Å². The number of carboxylic acid groups (broad SMARTS) is 1. The van der Waals surface area contributed by atoms with Crippen molar-refractivity contribution in [2.24, 2.45) is 5.92 Å². The third kappa shape index (κ3) is 5.05. The molecule has 0 spiro atoms. The van der Waals surface area contributed by atoms with Crippen molar-refractivity contribution in [1.82, 2.24) is 4.57 Å². The number of rotatable bonds is 4. The summed E-state index contributed by atoms with van der Waals surface area (Å²) < 4.78 is 88.2. The van der Waals surface area contributed by atoms with Crippen molar-refractivity contribution >= 4 is 39.2 Å². The van der Waals surface area contributed by atoms with Crippen molar-refractivity contribution in [2.45, 2.75) is 44.1 Å². The fraction of sp³-hybridized carbons (Fsp3) is 0.286. The summed E-state index contributed by atoms with van der Waals surface area (Å²) in [4.78, 5) is 25.1. The van der Waals surface area contributed by atoms with Crippen LogP contribution in [0.3, 0.4) is 0 Å². The Labute approximate surface area is 222 Å². The van der Waals surface area contributed by atoms with Crippen molar-refractivity contribution in [3.8, 4) is 5.75 Å². The Kier molecular flexibility index (Phi) is 6.67. The minimum atomic E-state index is -4.85. The number of nitrogen functional groups attached to an aromatic ring is 1. The number of ether oxygens (including phenoxy) is 1. The highest BCUT2D eigenvalue weighted by molar-refractivity contribution is 6.11. The highest BCUT2D eigenvalue weighted by Gasteiger charge is 2.43. The van der Waals surface area contributed by atoms with Crippen LogP contribution in [0.2, 0.25) is 0 Å². The molecule has 1 aliphatic rings. The van der Waals surface area contributed by atoms with Crippen molar-refractivity contribution in [1.29, 1.82) is 0 Å². The lowest BCUT2D eigenvalue weighted by atomic mass is 9.87. The van der Waals surface area contributed by atoms with Crippen LogP contribution in [0, 0.1) is 5.92 Å². The molecule has 1 aliphatic carbocycles. The number of carbonyl (C=O) groups is 2. The lowest BCUT2D eigenvalue weighted by Crippen LogP contribution is -2.32. The fourth-order valence-electron chi connectivity index (χ4n) is 5.24. The zero-order chi connectivity index (χ0) is 29.0. The van der Waals surface area contributed by atoms with Crippen LogP contribution in [-0.2, 0) is 6.18 Å². The summed E-state index contributed by atoms with van der Waals surface area (Å²) in [7, 11) is 0. The fourth-order valence-corrected chi connectivity index (χ4v) is 5.24. The molecule has 1 saturated carbocycles. The summed E-state index contributed by atoms with van der Waals surface area (Å²) in [6, 6.07) is 10.4. The average molecular weight is 564 g/mol. The van der Waals surface area contributed by atoms with Crippen molar-refractivity contribution in [3.63, 3.8) is 0 Å². The van der Waals surface area contributed by atoms with E-state index in [-0.39, 0.29) is 64.2 Å². The monoisotopic (exact) mass is 564 g/mol. The van der Waals surface area contributed by atoms with E-state index in [0.717, 1.165) is 22.9 Å². The molecule has 1 fully saturated rings. The van der Waals surface area contributed by atoms with Gasteiger partial charge < -0.3 is 15.6 Å². The van der Waals surface area contributed by atoms with Gasteiger partial charge >= 0.3 is 18.3 Å². The van der Waals surface area contributed by atoms with Gasteiger partial charge in [0, 0.05) is 22.8 Å². The van der Waals surface area contributed by atoms with E-state index >= 15 is 0 Å². The highest BCUT2D eigenvalue weighted by Crippen LogP contribution is 2.44. The van der Waals surface area contributed by atoms with Crippen LogP contribution in [0.15, 0.2) is 54.7 Å². The Hall–Kier alpha value is -4.22. The number of anilines is 1. The minimum Gasteiger partial charge on any atom is -0.490 e. The zero-order valence-corrected chi connectivity index (χ0v) is 20.6. The molecule has 210 valence electrons.